The Labute approximate surface area is 131 Å². The zero-order chi connectivity index (χ0) is 15.8. The van der Waals surface area contributed by atoms with Crippen LogP contribution in [-0.4, -0.2) is 55.7 Å². The number of nitrogens with zero attached hydrogens (tertiary/aromatic N) is 3. The third-order valence-corrected chi connectivity index (χ3v) is 3.53. The van der Waals surface area contributed by atoms with E-state index in [4.69, 9.17) is 27.4 Å². The largest absolute Gasteiger partial charge is 0.389 e. The summed E-state index contributed by atoms with van der Waals surface area (Å²) in [7, 11) is 3.36. The maximum absolute atomic E-state index is 5.89. The van der Waals surface area contributed by atoms with Crippen LogP contribution in [0.3, 0.4) is 0 Å². The predicted octanol–water partition coefficient (Wildman–Crippen LogP) is 1.22. The molecule has 0 fully saturated rings. The molecule has 0 saturated carbocycles. The molecule has 0 spiro atoms. The molecule has 1 aromatic heterocycles. The number of nitrogens with two attached hydrogens (primary N) is 1. The highest BCUT2D eigenvalue weighted by Gasteiger charge is 2.19. The topological polar surface area (TPSA) is 73.5 Å². The molecule has 118 valence electrons. The average Bonchev–Trinajstić information content (AvgIpc) is 2.45. The van der Waals surface area contributed by atoms with Crippen molar-refractivity contribution >= 4 is 23.0 Å². The van der Waals surface area contributed by atoms with Crippen LogP contribution >= 0.6 is 12.2 Å². The van der Waals surface area contributed by atoms with Crippen molar-refractivity contribution in [1.82, 2.24) is 10.2 Å². The highest BCUT2D eigenvalue weighted by atomic mass is 32.1. The number of anilines is 1. The Balaban J connectivity index is 3.10. The van der Waals surface area contributed by atoms with Crippen LogP contribution in [0.1, 0.15) is 23.2 Å². The van der Waals surface area contributed by atoms with E-state index in [-0.39, 0.29) is 0 Å². The summed E-state index contributed by atoms with van der Waals surface area (Å²) in [6.45, 7) is 6.63. The van der Waals surface area contributed by atoms with Gasteiger partial charge in [0, 0.05) is 33.9 Å². The lowest BCUT2D eigenvalue weighted by Gasteiger charge is -2.26. The summed E-state index contributed by atoms with van der Waals surface area (Å²) in [5, 5.41) is 8.50. The molecular formula is C14H24N4O2S. The molecule has 1 rings (SSSR count). The Morgan fingerprint density at radius 1 is 1.14 bits per heavy atom. The summed E-state index contributed by atoms with van der Waals surface area (Å²) in [4.78, 5) is 2.44. The van der Waals surface area contributed by atoms with Crippen molar-refractivity contribution in [2.45, 2.75) is 20.3 Å². The Kier molecular flexibility index (Phi) is 7.49. The molecule has 0 aliphatic rings. The Morgan fingerprint density at radius 2 is 1.81 bits per heavy atom. The number of hydrogen-bond donors (Lipinski definition) is 1. The van der Waals surface area contributed by atoms with E-state index in [2.05, 4.69) is 15.1 Å². The summed E-state index contributed by atoms with van der Waals surface area (Å²) in [6, 6.07) is 0. The molecule has 0 aliphatic heterocycles. The quantitative estimate of drug-likeness (QED) is 0.543. The second-order valence-electron chi connectivity index (χ2n) is 4.80. The van der Waals surface area contributed by atoms with Crippen LogP contribution in [0.2, 0.25) is 0 Å². The van der Waals surface area contributed by atoms with Crippen molar-refractivity contribution in [3.05, 3.63) is 16.8 Å². The molecule has 0 aromatic carbocycles. The maximum Gasteiger partial charge on any atom is 0.161 e. The molecule has 7 heteroatoms. The van der Waals surface area contributed by atoms with Gasteiger partial charge in [0.15, 0.2) is 5.82 Å². The van der Waals surface area contributed by atoms with E-state index in [1.54, 1.807) is 14.2 Å². The van der Waals surface area contributed by atoms with Gasteiger partial charge in [0.2, 0.25) is 0 Å². The van der Waals surface area contributed by atoms with Crippen LogP contribution < -0.4 is 10.6 Å². The van der Waals surface area contributed by atoms with E-state index in [0.29, 0.717) is 24.7 Å². The van der Waals surface area contributed by atoms with Crippen LogP contribution in [0.4, 0.5) is 5.82 Å². The Bertz CT molecular complexity index is 482. The summed E-state index contributed by atoms with van der Waals surface area (Å²) < 4.78 is 10.3. The minimum absolute atomic E-state index is 0.342. The lowest BCUT2D eigenvalue weighted by atomic mass is 10.1. The number of methoxy groups -OCH3 is 2. The zero-order valence-electron chi connectivity index (χ0n) is 13.2. The third-order valence-electron chi connectivity index (χ3n) is 3.32. The molecule has 0 aliphatic carbocycles. The van der Waals surface area contributed by atoms with Gasteiger partial charge < -0.3 is 20.1 Å². The van der Waals surface area contributed by atoms with Gasteiger partial charge >= 0.3 is 0 Å². The van der Waals surface area contributed by atoms with Gasteiger partial charge in [-0.05, 0) is 25.8 Å². The maximum atomic E-state index is 5.89. The molecule has 1 aromatic rings. The fraction of sp³-hybridized carbons (Fsp3) is 0.643. The minimum Gasteiger partial charge on any atom is -0.389 e. The van der Waals surface area contributed by atoms with Gasteiger partial charge in [0.1, 0.15) is 4.99 Å². The van der Waals surface area contributed by atoms with Crippen molar-refractivity contribution < 1.29 is 9.47 Å². The van der Waals surface area contributed by atoms with Crippen molar-refractivity contribution in [3.63, 3.8) is 0 Å². The number of hydrogen-bond acceptors (Lipinski definition) is 6. The van der Waals surface area contributed by atoms with Gasteiger partial charge in [-0.15, -0.1) is 5.10 Å². The van der Waals surface area contributed by atoms with Gasteiger partial charge in [-0.25, -0.2) is 0 Å². The SMILES string of the molecule is COCCCN(CCOC)c1nnc(C)c(C)c1C(N)=S. The first-order chi connectivity index (χ1) is 10.0. The minimum atomic E-state index is 0.342. The van der Waals surface area contributed by atoms with E-state index in [1.807, 2.05) is 13.8 Å². The molecule has 0 amide bonds. The molecule has 0 bridgehead atoms. The lowest BCUT2D eigenvalue weighted by molar-refractivity contribution is 0.191. The van der Waals surface area contributed by atoms with Crippen LogP contribution in [0.5, 0.6) is 0 Å². The van der Waals surface area contributed by atoms with Gasteiger partial charge in [0.05, 0.1) is 17.9 Å². The highest BCUT2D eigenvalue weighted by Crippen LogP contribution is 2.22. The molecular weight excluding hydrogens is 288 g/mol. The van der Waals surface area contributed by atoms with Gasteiger partial charge in [-0.3, -0.25) is 0 Å². The third kappa shape index (κ3) is 4.87. The number of rotatable bonds is 9. The van der Waals surface area contributed by atoms with Crippen LogP contribution in [0, 0.1) is 13.8 Å². The smallest absolute Gasteiger partial charge is 0.161 e. The van der Waals surface area contributed by atoms with E-state index in [1.165, 1.54) is 0 Å². The van der Waals surface area contributed by atoms with Crippen molar-refractivity contribution in [3.8, 4) is 0 Å². The molecule has 0 unspecified atom stereocenters. The van der Waals surface area contributed by atoms with E-state index >= 15 is 0 Å². The molecule has 6 nitrogen and oxygen atoms in total. The Morgan fingerprint density at radius 3 is 2.38 bits per heavy atom. The van der Waals surface area contributed by atoms with Crippen molar-refractivity contribution in [2.75, 3.05) is 45.4 Å². The fourth-order valence-corrected chi connectivity index (χ4v) is 2.28. The van der Waals surface area contributed by atoms with E-state index in [9.17, 15) is 0 Å². The number of thiocarbonyl (C=S) groups is 1. The second kappa shape index (κ2) is 8.86. The van der Waals surface area contributed by atoms with Crippen LogP contribution in [-0.2, 0) is 9.47 Å². The first-order valence-corrected chi connectivity index (χ1v) is 7.30. The zero-order valence-corrected chi connectivity index (χ0v) is 14.0. The monoisotopic (exact) mass is 312 g/mol. The van der Waals surface area contributed by atoms with Gasteiger partial charge in [-0.2, -0.15) is 5.10 Å². The summed E-state index contributed by atoms with van der Waals surface area (Å²) in [5.74, 6) is 0.721. The molecule has 2 N–H and O–H groups in total. The number of ether oxygens (including phenoxy) is 2. The summed E-state index contributed by atoms with van der Waals surface area (Å²) >= 11 is 5.19. The lowest BCUT2D eigenvalue weighted by Crippen LogP contribution is -2.33. The predicted molar refractivity (Wildman–Crippen MR) is 88.0 cm³/mol. The highest BCUT2D eigenvalue weighted by molar-refractivity contribution is 7.80. The molecule has 1 heterocycles. The van der Waals surface area contributed by atoms with Crippen molar-refractivity contribution in [1.29, 1.82) is 0 Å². The fourth-order valence-electron chi connectivity index (χ4n) is 2.04. The Hall–Kier alpha value is -1.31. The van der Waals surface area contributed by atoms with Gasteiger partial charge in [-0.1, -0.05) is 12.2 Å². The number of aromatic nitrogens is 2. The molecule has 0 saturated heterocycles. The normalized spacial score (nSPS) is 10.7. The first-order valence-electron chi connectivity index (χ1n) is 6.89. The average molecular weight is 312 g/mol. The van der Waals surface area contributed by atoms with Gasteiger partial charge in [0.25, 0.3) is 0 Å². The summed E-state index contributed by atoms with van der Waals surface area (Å²) in [5.41, 5.74) is 8.50. The van der Waals surface area contributed by atoms with Crippen LogP contribution in [0.15, 0.2) is 0 Å². The van der Waals surface area contributed by atoms with Crippen LogP contribution in [0.25, 0.3) is 0 Å². The second-order valence-corrected chi connectivity index (χ2v) is 5.24. The van der Waals surface area contributed by atoms with E-state index in [0.717, 1.165) is 35.6 Å². The molecule has 0 atom stereocenters. The standard InChI is InChI=1S/C14H24N4O2S/c1-10-11(2)16-17-14(12(10)13(15)21)18(7-9-20-4)6-5-8-19-3/h5-9H2,1-4H3,(H2,15,21). The summed E-state index contributed by atoms with van der Waals surface area (Å²) in [6.07, 6.45) is 0.881. The molecule has 0 radical (unpaired) electrons. The van der Waals surface area contributed by atoms with Crippen molar-refractivity contribution in [2.24, 2.45) is 5.73 Å². The molecule has 21 heavy (non-hydrogen) atoms. The first kappa shape index (κ1) is 17.7. The number of aryl methyl sites for hydroxylation is 1. The van der Waals surface area contributed by atoms with E-state index < -0.39 is 0 Å².